The highest BCUT2D eigenvalue weighted by Gasteiger charge is 2.33. The summed E-state index contributed by atoms with van der Waals surface area (Å²) in [4.78, 5) is 2.52. The van der Waals surface area contributed by atoms with Crippen molar-refractivity contribution < 1.29 is 5.11 Å². The molecule has 0 saturated heterocycles. The van der Waals surface area contributed by atoms with Crippen molar-refractivity contribution in [1.82, 2.24) is 4.90 Å². The molecule has 3 rings (SSSR count). The van der Waals surface area contributed by atoms with Crippen molar-refractivity contribution >= 4 is 0 Å². The Morgan fingerprint density at radius 2 is 2.00 bits per heavy atom. The second-order valence-corrected chi connectivity index (χ2v) is 6.13. The molecule has 104 valence electrons. The first kappa shape index (κ1) is 13.1. The van der Waals surface area contributed by atoms with E-state index in [1.54, 1.807) is 0 Å². The lowest BCUT2D eigenvalue weighted by molar-refractivity contribution is 0.0448. The number of aliphatic hydroxyl groups excluding tert-OH is 1. The van der Waals surface area contributed by atoms with Crippen molar-refractivity contribution in [3.8, 4) is 0 Å². The van der Waals surface area contributed by atoms with Crippen LogP contribution in [0.1, 0.15) is 49.8 Å². The Kier molecular flexibility index (Phi) is 3.90. The highest BCUT2D eigenvalue weighted by Crippen LogP contribution is 2.35. The van der Waals surface area contributed by atoms with Crippen molar-refractivity contribution in [3.05, 3.63) is 35.4 Å². The summed E-state index contributed by atoms with van der Waals surface area (Å²) in [6, 6.07) is 8.76. The highest BCUT2D eigenvalue weighted by atomic mass is 16.3. The number of aryl methyl sites for hydroxylation is 1. The Morgan fingerprint density at radius 3 is 2.74 bits per heavy atom. The first-order chi connectivity index (χ1) is 9.29. The van der Waals surface area contributed by atoms with Gasteiger partial charge in [0.05, 0.1) is 6.10 Å². The monoisotopic (exact) mass is 259 g/mol. The molecular formula is C17H25NO. The van der Waals surface area contributed by atoms with E-state index in [9.17, 15) is 5.11 Å². The minimum atomic E-state index is -0.308. The number of hydrogen-bond donors (Lipinski definition) is 1. The fourth-order valence-corrected chi connectivity index (χ4v) is 3.43. The van der Waals surface area contributed by atoms with Crippen LogP contribution in [0, 0.1) is 5.92 Å². The molecule has 1 aromatic carbocycles. The van der Waals surface area contributed by atoms with Crippen molar-refractivity contribution in [3.63, 3.8) is 0 Å². The van der Waals surface area contributed by atoms with Gasteiger partial charge in [0, 0.05) is 12.6 Å². The largest absolute Gasteiger partial charge is 0.387 e. The molecule has 0 amide bonds. The number of hydrogen-bond acceptors (Lipinski definition) is 2. The van der Waals surface area contributed by atoms with Crippen LogP contribution in [0.15, 0.2) is 24.3 Å². The lowest BCUT2D eigenvalue weighted by Gasteiger charge is -2.33. The van der Waals surface area contributed by atoms with E-state index < -0.39 is 0 Å². The molecule has 2 aliphatic carbocycles. The van der Waals surface area contributed by atoms with Gasteiger partial charge in [0.25, 0.3) is 0 Å². The summed E-state index contributed by atoms with van der Waals surface area (Å²) in [5.41, 5.74) is 2.51. The lowest BCUT2D eigenvalue weighted by atomic mass is 9.97. The first-order valence-electron chi connectivity index (χ1n) is 7.79. The van der Waals surface area contributed by atoms with Crippen LogP contribution in [-0.2, 0) is 6.42 Å². The molecule has 0 aromatic heterocycles. The van der Waals surface area contributed by atoms with Crippen molar-refractivity contribution in [2.24, 2.45) is 5.92 Å². The summed E-state index contributed by atoms with van der Waals surface area (Å²) in [6.07, 6.45) is 5.89. The fourth-order valence-electron chi connectivity index (χ4n) is 3.43. The maximum absolute atomic E-state index is 10.8. The van der Waals surface area contributed by atoms with Gasteiger partial charge in [0.1, 0.15) is 0 Å². The maximum Gasteiger partial charge on any atom is 0.0947 e. The van der Waals surface area contributed by atoms with Gasteiger partial charge in [-0.2, -0.15) is 0 Å². The predicted molar refractivity (Wildman–Crippen MR) is 78.1 cm³/mol. The number of nitrogens with zero attached hydrogens (tertiary/aromatic N) is 1. The average Bonchev–Trinajstić information content (AvgIpc) is 3.25. The maximum atomic E-state index is 10.8. The average molecular weight is 259 g/mol. The second-order valence-electron chi connectivity index (χ2n) is 6.13. The van der Waals surface area contributed by atoms with Gasteiger partial charge in [-0.15, -0.1) is 0 Å². The standard InChI is InChI=1S/C17H25NO/c1-2-18(12-13-10-11-13)16-9-5-7-14-6-3-4-8-15(14)17(16)19/h3-4,6,8,13,16-17,19H,2,5,7,9-12H2,1H3. The molecule has 19 heavy (non-hydrogen) atoms. The molecule has 0 bridgehead atoms. The van der Waals surface area contributed by atoms with E-state index in [0.717, 1.165) is 25.3 Å². The van der Waals surface area contributed by atoms with Crippen LogP contribution in [0.25, 0.3) is 0 Å². The van der Waals surface area contributed by atoms with Gasteiger partial charge in [-0.3, -0.25) is 4.90 Å². The second kappa shape index (κ2) is 5.64. The van der Waals surface area contributed by atoms with Crippen LogP contribution in [-0.4, -0.2) is 29.1 Å². The zero-order valence-electron chi connectivity index (χ0n) is 11.9. The Morgan fingerprint density at radius 1 is 1.21 bits per heavy atom. The van der Waals surface area contributed by atoms with E-state index >= 15 is 0 Å². The molecule has 2 atom stereocenters. The van der Waals surface area contributed by atoms with Gasteiger partial charge < -0.3 is 5.11 Å². The van der Waals surface area contributed by atoms with Crippen LogP contribution in [0.5, 0.6) is 0 Å². The van der Waals surface area contributed by atoms with Gasteiger partial charge in [0.15, 0.2) is 0 Å². The molecule has 2 heteroatoms. The molecule has 1 aromatic rings. The third kappa shape index (κ3) is 2.85. The Labute approximate surface area is 116 Å². The van der Waals surface area contributed by atoms with Gasteiger partial charge in [0.2, 0.25) is 0 Å². The van der Waals surface area contributed by atoms with Crippen molar-refractivity contribution in [2.45, 2.75) is 51.2 Å². The van der Waals surface area contributed by atoms with E-state index in [0.29, 0.717) is 6.04 Å². The van der Waals surface area contributed by atoms with Crippen LogP contribution < -0.4 is 0 Å². The summed E-state index contributed by atoms with van der Waals surface area (Å²) in [7, 11) is 0. The normalized spacial score (nSPS) is 27.1. The van der Waals surface area contributed by atoms with E-state index in [1.165, 1.54) is 36.9 Å². The van der Waals surface area contributed by atoms with Gasteiger partial charge >= 0.3 is 0 Å². The third-order valence-electron chi connectivity index (χ3n) is 4.75. The molecule has 2 nitrogen and oxygen atoms in total. The SMILES string of the molecule is CCN(CC1CC1)C1CCCc2ccccc2C1O. The van der Waals surface area contributed by atoms with Gasteiger partial charge in [-0.25, -0.2) is 0 Å². The molecule has 0 spiro atoms. The third-order valence-corrected chi connectivity index (χ3v) is 4.75. The molecule has 1 fully saturated rings. The first-order valence-corrected chi connectivity index (χ1v) is 7.79. The number of benzene rings is 1. The van der Waals surface area contributed by atoms with E-state index in [-0.39, 0.29) is 6.10 Å². The Balaban J connectivity index is 1.81. The van der Waals surface area contributed by atoms with Crippen LogP contribution in [0.3, 0.4) is 0 Å². The Hall–Kier alpha value is -0.860. The number of fused-ring (bicyclic) bond motifs is 1. The minimum absolute atomic E-state index is 0.308. The molecule has 1 N–H and O–H groups in total. The smallest absolute Gasteiger partial charge is 0.0947 e. The molecule has 0 heterocycles. The van der Waals surface area contributed by atoms with Gasteiger partial charge in [-0.05, 0) is 55.7 Å². The van der Waals surface area contributed by atoms with Crippen molar-refractivity contribution in [2.75, 3.05) is 13.1 Å². The summed E-state index contributed by atoms with van der Waals surface area (Å²) < 4.78 is 0. The minimum Gasteiger partial charge on any atom is -0.387 e. The zero-order valence-corrected chi connectivity index (χ0v) is 11.9. The molecule has 0 aliphatic heterocycles. The quantitative estimate of drug-likeness (QED) is 0.840. The van der Waals surface area contributed by atoms with Gasteiger partial charge in [-0.1, -0.05) is 31.2 Å². The van der Waals surface area contributed by atoms with Crippen molar-refractivity contribution in [1.29, 1.82) is 0 Å². The summed E-state index contributed by atoms with van der Waals surface area (Å²) >= 11 is 0. The van der Waals surface area contributed by atoms with Crippen LogP contribution in [0.2, 0.25) is 0 Å². The summed E-state index contributed by atoms with van der Waals surface area (Å²) in [5.74, 6) is 0.894. The zero-order chi connectivity index (χ0) is 13.2. The predicted octanol–water partition coefficient (Wildman–Crippen LogP) is 3.16. The van der Waals surface area contributed by atoms with E-state index in [4.69, 9.17) is 0 Å². The fraction of sp³-hybridized carbons (Fsp3) is 0.647. The molecule has 2 unspecified atom stereocenters. The molecule has 1 saturated carbocycles. The number of likely N-dealkylation sites (N-methyl/N-ethyl adjacent to an activating group) is 1. The molecule has 0 radical (unpaired) electrons. The highest BCUT2D eigenvalue weighted by molar-refractivity contribution is 5.31. The number of aliphatic hydroxyl groups is 1. The molecular weight excluding hydrogens is 234 g/mol. The number of rotatable bonds is 4. The molecule has 2 aliphatic rings. The topological polar surface area (TPSA) is 23.5 Å². The van der Waals surface area contributed by atoms with E-state index in [1.807, 2.05) is 0 Å². The van der Waals surface area contributed by atoms with E-state index in [2.05, 4.69) is 36.1 Å². The summed E-state index contributed by atoms with van der Waals surface area (Å²) in [6.45, 7) is 4.46. The van der Waals surface area contributed by atoms with Crippen LogP contribution >= 0.6 is 0 Å². The Bertz CT molecular complexity index is 427. The summed E-state index contributed by atoms with van der Waals surface area (Å²) in [5, 5.41) is 10.8. The lowest BCUT2D eigenvalue weighted by Crippen LogP contribution is -2.40. The van der Waals surface area contributed by atoms with Crippen LogP contribution in [0.4, 0.5) is 0 Å².